The molecule has 2 atom stereocenters. The number of nitrogens with two attached hydrogens (primary N) is 1. The molecule has 0 saturated carbocycles. The lowest BCUT2D eigenvalue weighted by atomic mass is 10.1. The average Bonchev–Trinajstić information content (AvgIpc) is 3.37. The Hall–Kier alpha value is -4.70. The van der Waals surface area contributed by atoms with E-state index in [9.17, 15) is 24.3 Å². The molecule has 13 heteroatoms. The number of nitriles is 1. The Kier molecular flexibility index (Phi) is 8.02. The normalized spacial score (nSPS) is 19.2. The standard InChI is InChI=1S/C28H31FN8O4/c1-35-12-4-7-19(35)16-41-27-33-24(26(38)32-21-9-3-6-17-5-2-8-20(29)22(17)21)23(31)25(34-27)36-13-14-37(28(39)40)18(15-36)10-11-30/h2-3,5-6,8-9,18-19H,4,7,10,12-16,31H2,1H3,(H,32,38)(H,39,40). The summed E-state index contributed by atoms with van der Waals surface area (Å²) in [5.41, 5.74) is 6.54. The van der Waals surface area contributed by atoms with Crippen LogP contribution in [0.15, 0.2) is 36.4 Å². The molecule has 1 aromatic heterocycles. The zero-order chi connectivity index (χ0) is 29.1. The van der Waals surface area contributed by atoms with E-state index in [1.54, 1.807) is 35.2 Å². The number of carboxylic acid groups (broad SMARTS) is 1. The van der Waals surface area contributed by atoms with Crippen molar-refractivity contribution in [1.82, 2.24) is 19.8 Å². The van der Waals surface area contributed by atoms with Gasteiger partial charge in [-0.2, -0.15) is 15.2 Å². The fourth-order valence-electron chi connectivity index (χ4n) is 5.44. The number of halogens is 1. The molecule has 3 heterocycles. The summed E-state index contributed by atoms with van der Waals surface area (Å²) in [6, 6.07) is 11.2. The molecule has 2 aliphatic rings. The Labute approximate surface area is 236 Å². The predicted octanol–water partition coefficient (Wildman–Crippen LogP) is 3.16. The van der Waals surface area contributed by atoms with Crippen LogP contribution in [0, 0.1) is 17.1 Å². The van der Waals surface area contributed by atoms with E-state index in [0.29, 0.717) is 12.0 Å². The van der Waals surface area contributed by atoms with Crippen molar-refractivity contribution in [3.05, 3.63) is 47.9 Å². The summed E-state index contributed by atoms with van der Waals surface area (Å²) in [6.45, 7) is 1.74. The number of fused-ring (bicyclic) bond motifs is 1. The Bertz CT molecular complexity index is 1510. The van der Waals surface area contributed by atoms with Gasteiger partial charge in [0.05, 0.1) is 24.2 Å². The monoisotopic (exact) mass is 562 g/mol. The second-order valence-corrected chi connectivity index (χ2v) is 10.2. The Morgan fingerprint density at radius 2 is 1.98 bits per heavy atom. The number of benzene rings is 2. The number of hydrogen-bond donors (Lipinski definition) is 3. The molecule has 3 aromatic rings. The number of nitrogens with zero attached hydrogens (tertiary/aromatic N) is 6. The van der Waals surface area contributed by atoms with E-state index in [0.717, 1.165) is 19.4 Å². The van der Waals surface area contributed by atoms with Crippen LogP contribution in [0.1, 0.15) is 29.8 Å². The molecule has 5 rings (SSSR count). The van der Waals surface area contributed by atoms with Gasteiger partial charge < -0.3 is 35.6 Å². The number of nitrogen functional groups attached to an aromatic ring is 1. The minimum absolute atomic E-state index is 0.0227. The highest BCUT2D eigenvalue weighted by Crippen LogP contribution is 2.31. The maximum atomic E-state index is 14.7. The van der Waals surface area contributed by atoms with Gasteiger partial charge in [0.25, 0.3) is 5.91 Å². The van der Waals surface area contributed by atoms with E-state index >= 15 is 0 Å². The number of hydrogen-bond acceptors (Lipinski definition) is 9. The predicted molar refractivity (Wildman–Crippen MR) is 150 cm³/mol. The summed E-state index contributed by atoms with van der Waals surface area (Å²) in [6.07, 6.45) is 0.853. The third-order valence-corrected chi connectivity index (χ3v) is 7.65. The highest BCUT2D eigenvalue weighted by molar-refractivity contribution is 6.11. The lowest BCUT2D eigenvalue weighted by Crippen LogP contribution is -2.55. The summed E-state index contributed by atoms with van der Waals surface area (Å²) in [7, 11) is 2.01. The Morgan fingerprint density at radius 3 is 2.68 bits per heavy atom. The molecule has 12 nitrogen and oxygen atoms in total. The van der Waals surface area contributed by atoms with Crippen LogP contribution in [0.3, 0.4) is 0 Å². The number of carbonyl (C=O) groups is 2. The summed E-state index contributed by atoms with van der Waals surface area (Å²) in [5, 5.41) is 22.5. The fraction of sp³-hybridized carbons (Fsp3) is 0.393. The van der Waals surface area contributed by atoms with Crippen molar-refractivity contribution < 1.29 is 23.8 Å². The highest BCUT2D eigenvalue weighted by Gasteiger charge is 2.33. The molecule has 2 aromatic carbocycles. The molecule has 0 bridgehead atoms. The molecular formula is C28H31FN8O4. The fourth-order valence-corrected chi connectivity index (χ4v) is 5.44. The van der Waals surface area contributed by atoms with Crippen LogP contribution in [-0.4, -0.2) is 88.8 Å². The SMILES string of the molecule is CN1CCCC1COc1nc(C(=O)Nc2cccc3cccc(F)c23)c(N)c(N2CCN(C(=O)O)C(CC#N)C2)n1. The zero-order valence-corrected chi connectivity index (χ0v) is 22.6. The van der Waals surface area contributed by atoms with Crippen molar-refractivity contribution in [2.24, 2.45) is 0 Å². The number of aromatic nitrogens is 2. The molecule has 2 aliphatic heterocycles. The minimum atomic E-state index is -1.12. The van der Waals surface area contributed by atoms with Crippen molar-refractivity contribution in [1.29, 1.82) is 5.26 Å². The number of nitrogens with one attached hydrogen (secondary N) is 1. The molecule has 2 amide bonds. The molecule has 4 N–H and O–H groups in total. The van der Waals surface area contributed by atoms with Crippen molar-refractivity contribution in [3.63, 3.8) is 0 Å². The third-order valence-electron chi connectivity index (χ3n) is 7.65. The van der Waals surface area contributed by atoms with Crippen LogP contribution < -0.4 is 20.7 Å². The summed E-state index contributed by atoms with van der Waals surface area (Å²) in [4.78, 5) is 39.3. The van der Waals surface area contributed by atoms with Crippen LogP contribution in [0.25, 0.3) is 10.8 Å². The molecule has 2 unspecified atom stereocenters. The Morgan fingerprint density at radius 1 is 1.20 bits per heavy atom. The number of ether oxygens (including phenoxy) is 1. The van der Waals surface area contributed by atoms with E-state index in [-0.39, 0.29) is 66.4 Å². The molecule has 214 valence electrons. The van der Waals surface area contributed by atoms with E-state index in [1.807, 2.05) is 13.1 Å². The van der Waals surface area contributed by atoms with Crippen molar-refractivity contribution in [2.75, 3.05) is 55.8 Å². The molecular weight excluding hydrogens is 531 g/mol. The molecule has 0 aliphatic carbocycles. The van der Waals surface area contributed by atoms with Gasteiger partial charge in [0.1, 0.15) is 18.1 Å². The Balaban J connectivity index is 1.49. The second-order valence-electron chi connectivity index (χ2n) is 10.2. The van der Waals surface area contributed by atoms with Gasteiger partial charge in [0.15, 0.2) is 11.5 Å². The minimum Gasteiger partial charge on any atom is -0.465 e. The summed E-state index contributed by atoms with van der Waals surface area (Å²) in [5.74, 6) is -0.959. The van der Waals surface area contributed by atoms with Gasteiger partial charge in [-0.3, -0.25) is 4.79 Å². The topological polar surface area (TPSA) is 161 Å². The van der Waals surface area contributed by atoms with Crippen LogP contribution >= 0.6 is 0 Å². The maximum Gasteiger partial charge on any atom is 0.407 e. The third kappa shape index (κ3) is 5.78. The lowest BCUT2D eigenvalue weighted by Gasteiger charge is -2.40. The van der Waals surface area contributed by atoms with Gasteiger partial charge in [0, 0.05) is 31.1 Å². The van der Waals surface area contributed by atoms with E-state index < -0.39 is 23.9 Å². The van der Waals surface area contributed by atoms with Gasteiger partial charge >= 0.3 is 12.1 Å². The van der Waals surface area contributed by atoms with Crippen molar-refractivity contribution >= 4 is 40.0 Å². The first-order chi connectivity index (χ1) is 19.8. The van der Waals surface area contributed by atoms with Crippen LogP contribution in [0.5, 0.6) is 6.01 Å². The van der Waals surface area contributed by atoms with E-state index in [1.165, 1.54) is 11.0 Å². The number of anilines is 3. The van der Waals surface area contributed by atoms with E-state index in [4.69, 9.17) is 10.5 Å². The van der Waals surface area contributed by atoms with Gasteiger partial charge in [-0.15, -0.1) is 0 Å². The number of carbonyl (C=O) groups excluding carboxylic acids is 1. The van der Waals surface area contributed by atoms with Crippen LogP contribution in [-0.2, 0) is 0 Å². The number of likely N-dealkylation sites (N-methyl/N-ethyl adjacent to an activating group) is 1. The zero-order valence-electron chi connectivity index (χ0n) is 22.6. The molecule has 2 fully saturated rings. The van der Waals surface area contributed by atoms with Gasteiger partial charge in [-0.25, -0.2) is 9.18 Å². The molecule has 41 heavy (non-hydrogen) atoms. The quantitative estimate of drug-likeness (QED) is 0.390. The molecule has 0 spiro atoms. The average molecular weight is 563 g/mol. The van der Waals surface area contributed by atoms with Crippen molar-refractivity contribution in [3.8, 4) is 12.1 Å². The number of piperazine rings is 1. The summed E-state index contributed by atoms with van der Waals surface area (Å²) < 4.78 is 20.7. The number of likely N-dealkylation sites (tertiary alicyclic amines) is 1. The number of amides is 2. The number of rotatable bonds is 7. The van der Waals surface area contributed by atoms with Crippen molar-refractivity contribution in [2.45, 2.75) is 31.3 Å². The molecule has 0 radical (unpaired) electrons. The molecule has 2 saturated heterocycles. The smallest absolute Gasteiger partial charge is 0.407 e. The largest absolute Gasteiger partial charge is 0.465 e. The summed E-state index contributed by atoms with van der Waals surface area (Å²) >= 11 is 0. The first-order valence-electron chi connectivity index (χ1n) is 13.4. The van der Waals surface area contributed by atoms with E-state index in [2.05, 4.69) is 20.2 Å². The van der Waals surface area contributed by atoms with Crippen LogP contribution in [0.4, 0.5) is 26.4 Å². The lowest BCUT2D eigenvalue weighted by molar-refractivity contribution is 0.102. The highest BCUT2D eigenvalue weighted by atomic mass is 19.1. The maximum absolute atomic E-state index is 14.7. The first kappa shape index (κ1) is 27.9. The van der Waals surface area contributed by atoms with Gasteiger partial charge in [-0.05, 0) is 44.0 Å². The first-order valence-corrected chi connectivity index (χ1v) is 13.4. The van der Waals surface area contributed by atoms with Gasteiger partial charge in [-0.1, -0.05) is 24.3 Å². The second kappa shape index (κ2) is 11.8. The van der Waals surface area contributed by atoms with Crippen LogP contribution in [0.2, 0.25) is 0 Å². The van der Waals surface area contributed by atoms with Gasteiger partial charge in [0.2, 0.25) is 0 Å².